The molecule has 0 bridgehead atoms. The van der Waals surface area contributed by atoms with E-state index < -0.39 is 5.97 Å². The van der Waals surface area contributed by atoms with Crippen molar-refractivity contribution in [2.24, 2.45) is 11.8 Å². The Labute approximate surface area is 231 Å². The number of benzene rings is 1. The van der Waals surface area contributed by atoms with Crippen LogP contribution < -0.4 is 10.6 Å². The van der Waals surface area contributed by atoms with E-state index in [1.807, 2.05) is 36.4 Å². The van der Waals surface area contributed by atoms with Crippen molar-refractivity contribution in [2.45, 2.75) is 32.6 Å². The Balaban J connectivity index is 1.47. The van der Waals surface area contributed by atoms with Gasteiger partial charge in [0.1, 0.15) is 10.7 Å². The van der Waals surface area contributed by atoms with Crippen molar-refractivity contribution >= 4 is 40.4 Å². The zero-order valence-electron chi connectivity index (χ0n) is 22.4. The summed E-state index contributed by atoms with van der Waals surface area (Å²) < 4.78 is 12.0. The molecule has 204 valence electrons. The van der Waals surface area contributed by atoms with Gasteiger partial charge in [-0.3, -0.25) is 4.79 Å². The molecule has 3 aromatic heterocycles. The topological polar surface area (TPSA) is 112 Å². The Kier molecular flexibility index (Phi) is 7.94. The minimum Gasteiger partial charge on any atom is -0.465 e. The zero-order valence-corrected chi connectivity index (χ0v) is 23.2. The molecule has 10 heteroatoms. The molecule has 39 heavy (non-hydrogen) atoms. The summed E-state index contributed by atoms with van der Waals surface area (Å²) in [6.07, 6.45) is 5.45. The monoisotopic (exact) mass is 547 g/mol. The van der Waals surface area contributed by atoms with Gasteiger partial charge in [-0.2, -0.15) is 9.61 Å². The number of nitrogen functional groups attached to an aromatic ring is 1. The van der Waals surface area contributed by atoms with Crippen LogP contribution in [0.4, 0.5) is 11.5 Å². The quantitative estimate of drug-likeness (QED) is 0.298. The summed E-state index contributed by atoms with van der Waals surface area (Å²) in [4.78, 5) is 33.9. The second-order valence-electron chi connectivity index (χ2n) is 10.0. The van der Waals surface area contributed by atoms with Gasteiger partial charge < -0.3 is 20.1 Å². The molecular weight excluding hydrogens is 514 g/mol. The highest BCUT2D eigenvalue weighted by Gasteiger charge is 2.32. The molecule has 1 aliphatic carbocycles. The lowest BCUT2D eigenvalue weighted by Crippen LogP contribution is -2.40. The molecular formula is C29H33N5O4S. The van der Waals surface area contributed by atoms with Gasteiger partial charge in [-0.05, 0) is 49.3 Å². The van der Waals surface area contributed by atoms with Gasteiger partial charge in [-0.1, -0.05) is 31.2 Å². The number of nitrogens with two attached hydrogens (primary N) is 1. The van der Waals surface area contributed by atoms with E-state index >= 15 is 0 Å². The number of thiophene rings is 1. The first-order valence-electron chi connectivity index (χ1n) is 13.1. The minimum absolute atomic E-state index is 0.0449. The molecule has 0 radical (unpaired) electrons. The number of ether oxygens (including phenoxy) is 2. The Hall–Kier alpha value is -3.76. The molecule has 1 saturated carbocycles. The van der Waals surface area contributed by atoms with E-state index in [-0.39, 0.29) is 11.8 Å². The maximum atomic E-state index is 13.7. The number of fused-ring (bicyclic) bond motifs is 1. The zero-order chi connectivity index (χ0) is 27.5. The molecule has 3 heterocycles. The Morgan fingerprint density at radius 2 is 1.79 bits per heavy atom. The van der Waals surface area contributed by atoms with Crippen molar-refractivity contribution in [3.05, 3.63) is 53.5 Å². The third-order valence-corrected chi connectivity index (χ3v) is 8.53. The first kappa shape index (κ1) is 26.8. The lowest BCUT2D eigenvalue weighted by atomic mass is 9.82. The molecule has 9 nitrogen and oxygen atoms in total. The van der Waals surface area contributed by atoms with Crippen molar-refractivity contribution in [1.82, 2.24) is 14.6 Å². The Morgan fingerprint density at radius 3 is 2.46 bits per heavy atom. The summed E-state index contributed by atoms with van der Waals surface area (Å²) in [5.74, 6) is 0.681. The van der Waals surface area contributed by atoms with Gasteiger partial charge in [-0.25, -0.2) is 9.78 Å². The van der Waals surface area contributed by atoms with Crippen molar-refractivity contribution < 1.29 is 19.1 Å². The van der Waals surface area contributed by atoms with E-state index in [9.17, 15) is 9.59 Å². The smallest absolute Gasteiger partial charge is 0.350 e. The molecule has 0 aliphatic heterocycles. The normalized spacial score (nSPS) is 17.3. The van der Waals surface area contributed by atoms with Crippen LogP contribution in [0.3, 0.4) is 0 Å². The number of rotatable bonds is 8. The molecule has 0 atom stereocenters. The summed E-state index contributed by atoms with van der Waals surface area (Å²) >= 11 is 1.32. The van der Waals surface area contributed by atoms with Crippen LogP contribution in [-0.4, -0.2) is 53.8 Å². The van der Waals surface area contributed by atoms with Gasteiger partial charge in [-0.15, -0.1) is 11.3 Å². The second kappa shape index (κ2) is 11.5. The van der Waals surface area contributed by atoms with E-state index in [0.29, 0.717) is 41.1 Å². The number of amides is 1. The fraction of sp³-hybridized carbons (Fsp3) is 0.379. The summed E-state index contributed by atoms with van der Waals surface area (Å²) in [7, 11) is 2.97. The predicted molar refractivity (Wildman–Crippen MR) is 153 cm³/mol. The van der Waals surface area contributed by atoms with E-state index in [2.05, 4.69) is 17.0 Å². The maximum Gasteiger partial charge on any atom is 0.350 e. The fourth-order valence-electron chi connectivity index (χ4n) is 5.08. The molecule has 0 spiro atoms. The van der Waals surface area contributed by atoms with Crippen LogP contribution in [-0.2, 0) is 14.3 Å². The number of carbonyl (C=O) groups is 2. The average Bonchev–Trinajstić information content (AvgIpc) is 3.59. The summed E-state index contributed by atoms with van der Waals surface area (Å²) in [6.45, 7) is 2.97. The first-order valence-corrected chi connectivity index (χ1v) is 13.9. The van der Waals surface area contributed by atoms with Crippen LogP contribution in [0.2, 0.25) is 0 Å². The third-order valence-electron chi connectivity index (χ3n) is 7.38. The fourth-order valence-corrected chi connectivity index (χ4v) is 6.17. The van der Waals surface area contributed by atoms with Crippen LogP contribution in [0.25, 0.3) is 27.3 Å². The molecule has 1 amide bonds. The molecule has 2 N–H and O–H groups in total. The van der Waals surface area contributed by atoms with Gasteiger partial charge >= 0.3 is 5.97 Å². The Bertz CT molecular complexity index is 1470. The van der Waals surface area contributed by atoms with Crippen LogP contribution >= 0.6 is 11.3 Å². The number of hydrogen-bond donors (Lipinski definition) is 1. The van der Waals surface area contributed by atoms with Crippen LogP contribution in [0.5, 0.6) is 0 Å². The van der Waals surface area contributed by atoms with Crippen LogP contribution in [0.15, 0.2) is 48.7 Å². The average molecular weight is 548 g/mol. The van der Waals surface area contributed by atoms with Gasteiger partial charge in [0, 0.05) is 42.3 Å². The SMILES string of the molecule is COCCN(C(=O)C1CCC(C)CC1)c1cc(-c2ccc(-c3cc4nccc(N)n4n3)cc2)sc1C(=O)OC. The molecule has 1 aromatic carbocycles. The number of aromatic nitrogens is 3. The molecule has 0 saturated heterocycles. The highest BCUT2D eigenvalue weighted by Crippen LogP contribution is 2.40. The number of hydrogen-bond acceptors (Lipinski definition) is 8. The van der Waals surface area contributed by atoms with Gasteiger partial charge in [0.05, 0.1) is 25.1 Å². The lowest BCUT2D eigenvalue weighted by molar-refractivity contribution is -0.123. The molecule has 1 fully saturated rings. The number of nitrogens with zero attached hydrogens (tertiary/aromatic N) is 4. The largest absolute Gasteiger partial charge is 0.465 e. The summed E-state index contributed by atoms with van der Waals surface area (Å²) in [5, 5.41) is 4.57. The molecule has 0 unspecified atom stereocenters. The second-order valence-corrected chi connectivity index (χ2v) is 11.1. The van der Waals surface area contributed by atoms with E-state index in [4.69, 9.17) is 15.2 Å². The van der Waals surface area contributed by atoms with Crippen molar-refractivity contribution in [2.75, 3.05) is 38.0 Å². The predicted octanol–water partition coefficient (Wildman–Crippen LogP) is 5.30. The highest BCUT2D eigenvalue weighted by atomic mass is 32.1. The standard InChI is InChI=1S/C29H33N5O4S/c1-18-4-6-21(7-5-18)28(35)33(14-15-37-2)23-17-24(39-27(23)29(36)38-3)20-10-8-19(9-11-20)22-16-26-31-13-12-25(30)34(26)32-22/h8-13,16-18,21H,4-7,14-15,30H2,1-3H3. The lowest BCUT2D eigenvalue weighted by Gasteiger charge is -2.31. The van der Waals surface area contributed by atoms with Gasteiger partial charge in [0.25, 0.3) is 0 Å². The third kappa shape index (κ3) is 5.53. The Morgan fingerprint density at radius 1 is 1.08 bits per heavy atom. The van der Waals surface area contributed by atoms with Crippen LogP contribution in [0, 0.1) is 11.8 Å². The van der Waals surface area contributed by atoms with Gasteiger partial charge in [0.15, 0.2) is 5.65 Å². The van der Waals surface area contributed by atoms with E-state index in [0.717, 1.165) is 47.4 Å². The summed E-state index contributed by atoms with van der Waals surface area (Å²) in [5.41, 5.74) is 9.86. The van der Waals surface area contributed by atoms with E-state index in [1.165, 1.54) is 18.4 Å². The van der Waals surface area contributed by atoms with Crippen LogP contribution in [0.1, 0.15) is 42.3 Å². The van der Waals surface area contributed by atoms with Gasteiger partial charge in [0.2, 0.25) is 5.91 Å². The first-order chi connectivity index (χ1) is 18.9. The highest BCUT2D eigenvalue weighted by molar-refractivity contribution is 7.18. The van der Waals surface area contributed by atoms with Crippen molar-refractivity contribution in [1.29, 1.82) is 0 Å². The van der Waals surface area contributed by atoms with Crippen molar-refractivity contribution in [3.8, 4) is 21.7 Å². The number of methoxy groups -OCH3 is 2. The van der Waals surface area contributed by atoms with E-state index in [1.54, 1.807) is 28.8 Å². The number of carbonyl (C=O) groups excluding carboxylic acids is 2. The summed E-state index contributed by atoms with van der Waals surface area (Å²) in [6, 6.07) is 13.4. The molecule has 1 aliphatic rings. The minimum atomic E-state index is -0.458. The molecule has 5 rings (SSSR count). The molecule has 4 aromatic rings. The maximum absolute atomic E-state index is 13.7. The number of esters is 1. The van der Waals surface area contributed by atoms with Crippen molar-refractivity contribution in [3.63, 3.8) is 0 Å². The number of anilines is 2.